The minimum atomic E-state index is -0.438. The Balaban J connectivity index is 1.60. The number of nitrogens with one attached hydrogen (secondary N) is 1. The molecule has 1 aliphatic carbocycles. The lowest BCUT2D eigenvalue weighted by Crippen LogP contribution is -2.46. The highest BCUT2D eigenvalue weighted by Crippen LogP contribution is 2.39. The lowest BCUT2D eigenvalue weighted by molar-refractivity contribution is -0.123. The fourth-order valence-electron chi connectivity index (χ4n) is 3.83. The number of rotatable bonds is 7. The summed E-state index contributed by atoms with van der Waals surface area (Å²) in [6.45, 7) is 4.73. The van der Waals surface area contributed by atoms with Crippen LogP contribution in [-0.2, 0) is 4.79 Å². The van der Waals surface area contributed by atoms with Crippen LogP contribution < -0.4 is 10.1 Å². The van der Waals surface area contributed by atoms with E-state index in [-0.39, 0.29) is 29.7 Å². The van der Waals surface area contributed by atoms with Crippen LogP contribution in [-0.4, -0.2) is 73.8 Å². The van der Waals surface area contributed by atoms with Gasteiger partial charge in [-0.2, -0.15) is 0 Å². The molecule has 2 fully saturated rings. The van der Waals surface area contributed by atoms with Crippen molar-refractivity contribution in [2.75, 3.05) is 46.9 Å². The predicted molar refractivity (Wildman–Crippen MR) is 101 cm³/mol. The summed E-state index contributed by atoms with van der Waals surface area (Å²) in [5.41, 5.74) is 0.721. The summed E-state index contributed by atoms with van der Waals surface area (Å²) < 4.78 is 19.1. The van der Waals surface area contributed by atoms with E-state index < -0.39 is 5.82 Å². The molecule has 1 atom stereocenters. The van der Waals surface area contributed by atoms with E-state index in [0.29, 0.717) is 19.3 Å². The van der Waals surface area contributed by atoms with Crippen LogP contribution in [0.4, 0.5) is 4.39 Å². The van der Waals surface area contributed by atoms with Gasteiger partial charge in [0.2, 0.25) is 5.91 Å². The van der Waals surface area contributed by atoms with Gasteiger partial charge in [0.05, 0.1) is 19.3 Å². The molecule has 0 aromatic heterocycles. The minimum absolute atomic E-state index is 0.0310. The van der Waals surface area contributed by atoms with Gasteiger partial charge in [0, 0.05) is 39.1 Å². The number of aliphatic hydroxyl groups excluding tert-OH is 1. The molecule has 0 spiro atoms. The summed E-state index contributed by atoms with van der Waals surface area (Å²) in [5, 5.41) is 12.7. The van der Waals surface area contributed by atoms with Crippen LogP contribution in [0, 0.1) is 11.7 Å². The zero-order valence-electron chi connectivity index (χ0n) is 16.2. The Labute approximate surface area is 160 Å². The van der Waals surface area contributed by atoms with Crippen molar-refractivity contribution in [3.05, 3.63) is 29.6 Å². The van der Waals surface area contributed by atoms with Gasteiger partial charge >= 0.3 is 0 Å². The van der Waals surface area contributed by atoms with Crippen LogP contribution in [0.25, 0.3) is 0 Å². The van der Waals surface area contributed by atoms with Crippen molar-refractivity contribution in [1.29, 1.82) is 0 Å². The summed E-state index contributed by atoms with van der Waals surface area (Å²) in [5.74, 6) is -0.156. The van der Waals surface area contributed by atoms with Crippen LogP contribution in [0.2, 0.25) is 0 Å². The quantitative estimate of drug-likeness (QED) is 0.750. The highest BCUT2D eigenvalue weighted by Gasteiger charge is 2.36. The van der Waals surface area contributed by atoms with Crippen molar-refractivity contribution < 1.29 is 19.0 Å². The van der Waals surface area contributed by atoms with Gasteiger partial charge in [-0.25, -0.2) is 4.39 Å². The van der Waals surface area contributed by atoms with Gasteiger partial charge in [0.15, 0.2) is 11.6 Å². The monoisotopic (exact) mass is 379 g/mol. The average molecular weight is 379 g/mol. The van der Waals surface area contributed by atoms with E-state index in [4.69, 9.17) is 4.74 Å². The molecule has 1 aliphatic heterocycles. The number of aliphatic hydroxyl groups is 1. The molecule has 0 bridgehead atoms. The van der Waals surface area contributed by atoms with Gasteiger partial charge in [-0.05, 0) is 43.5 Å². The Morgan fingerprint density at radius 1 is 1.33 bits per heavy atom. The van der Waals surface area contributed by atoms with Gasteiger partial charge in [-0.15, -0.1) is 0 Å². The topological polar surface area (TPSA) is 65.0 Å². The van der Waals surface area contributed by atoms with E-state index >= 15 is 0 Å². The first kappa shape index (κ1) is 20.0. The largest absolute Gasteiger partial charge is 0.494 e. The summed E-state index contributed by atoms with van der Waals surface area (Å²) in [7, 11) is 3.54. The van der Waals surface area contributed by atoms with Crippen molar-refractivity contribution in [2.45, 2.75) is 31.4 Å². The smallest absolute Gasteiger partial charge is 0.221 e. The van der Waals surface area contributed by atoms with Gasteiger partial charge in [0.25, 0.3) is 0 Å². The first-order valence-electron chi connectivity index (χ1n) is 9.68. The number of hydrogen-bond acceptors (Lipinski definition) is 5. The molecule has 1 heterocycles. The van der Waals surface area contributed by atoms with E-state index in [0.717, 1.165) is 38.3 Å². The number of amides is 1. The molecule has 0 radical (unpaired) electrons. The highest BCUT2D eigenvalue weighted by molar-refractivity contribution is 5.76. The molecule has 3 rings (SSSR count). The molecular weight excluding hydrogens is 349 g/mol. The SMILES string of the molecule is COc1ccc(C(NC(=O)CCN2CCN(C)CC2)C2CC(O)C2)cc1F. The number of likely N-dealkylation sites (N-methyl/N-ethyl adjacent to an activating group) is 1. The molecule has 2 aliphatic rings. The number of methoxy groups -OCH3 is 1. The zero-order chi connectivity index (χ0) is 19.4. The number of benzene rings is 1. The fourth-order valence-corrected chi connectivity index (χ4v) is 3.83. The fraction of sp³-hybridized carbons (Fsp3) is 0.650. The number of carbonyl (C=O) groups excluding carboxylic acids is 1. The van der Waals surface area contributed by atoms with E-state index in [1.165, 1.54) is 13.2 Å². The number of nitrogens with zero attached hydrogens (tertiary/aromatic N) is 2. The Hall–Kier alpha value is -1.70. The number of ether oxygens (including phenoxy) is 1. The van der Waals surface area contributed by atoms with Crippen LogP contribution in [0.1, 0.15) is 30.9 Å². The summed E-state index contributed by atoms with van der Waals surface area (Å²) in [6.07, 6.45) is 1.34. The maximum absolute atomic E-state index is 14.1. The lowest BCUT2D eigenvalue weighted by Gasteiger charge is -2.38. The van der Waals surface area contributed by atoms with Crippen LogP contribution in [0.15, 0.2) is 18.2 Å². The van der Waals surface area contributed by atoms with E-state index in [9.17, 15) is 14.3 Å². The Morgan fingerprint density at radius 3 is 2.63 bits per heavy atom. The highest BCUT2D eigenvalue weighted by atomic mass is 19.1. The third-order valence-corrected chi connectivity index (χ3v) is 5.72. The molecular formula is C20H30FN3O3. The predicted octanol–water partition coefficient (Wildman–Crippen LogP) is 1.40. The van der Waals surface area contributed by atoms with E-state index in [1.807, 2.05) is 0 Å². The molecule has 7 heteroatoms. The van der Waals surface area contributed by atoms with Crippen molar-refractivity contribution >= 4 is 5.91 Å². The third-order valence-electron chi connectivity index (χ3n) is 5.72. The van der Waals surface area contributed by atoms with Gasteiger partial charge in [-0.3, -0.25) is 4.79 Å². The normalized spacial score (nSPS) is 24.9. The molecule has 27 heavy (non-hydrogen) atoms. The summed E-state index contributed by atoms with van der Waals surface area (Å²) >= 11 is 0. The van der Waals surface area contributed by atoms with Crippen LogP contribution in [0.3, 0.4) is 0 Å². The Kier molecular flexibility index (Phi) is 6.68. The van der Waals surface area contributed by atoms with Gasteiger partial charge in [0.1, 0.15) is 0 Å². The number of carbonyl (C=O) groups is 1. The van der Waals surface area contributed by atoms with Crippen molar-refractivity contribution in [1.82, 2.24) is 15.1 Å². The second-order valence-corrected chi connectivity index (χ2v) is 7.72. The van der Waals surface area contributed by atoms with Crippen molar-refractivity contribution in [2.24, 2.45) is 5.92 Å². The molecule has 6 nitrogen and oxygen atoms in total. The maximum Gasteiger partial charge on any atom is 0.221 e. The molecule has 150 valence electrons. The summed E-state index contributed by atoms with van der Waals surface area (Å²) in [6, 6.07) is 4.52. The first-order valence-corrected chi connectivity index (χ1v) is 9.68. The van der Waals surface area contributed by atoms with Crippen LogP contribution >= 0.6 is 0 Å². The van der Waals surface area contributed by atoms with E-state index in [2.05, 4.69) is 22.2 Å². The molecule has 1 aromatic rings. The summed E-state index contributed by atoms with van der Waals surface area (Å²) in [4.78, 5) is 17.1. The van der Waals surface area contributed by atoms with E-state index in [1.54, 1.807) is 12.1 Å². The zero-order valence-corrected chi connectivity index (χ0v) is 16.2. The van der Waals surface area contributed by atoms with Gasteiger partial charge in [-0.1, -0.05) is 6.07 Å². The van der Waals surface area contributed by atoms with Crippen molar-refractivity contribution in [3.63, 3.8) is 0 Å². The second kappa shape index (κ2) is 8.99. The lowest BCUT2D eigenvalue weighted by atomic mass is 9.75. The van der Waals surface area contributed by atoms with Gasteiger partial charge < -0.3 is 25.0 Å². The number of halogens is 1. The molecule has 1 saturated heterocycles. The first-order chi connectivity index (χ1) is 13.0. The third kappa shape index (κ3) is 5.18. The molecule has 1 unspecified atom stereocenters. The average Bonchev–Trinajstić information content (AvgIpc) is 2.63. The molecule has 1 aromatic carbocycles. The Morgan fingerprint density at radius 2 is 2.04 bits per heavy atom. The standard InChI is InChI=1S/C20H30FN3O3/c1-23-7-9-24(10-8-23)6-5-19(26)22-20(15-11-16(25)12-15)14-3-4-18(27-2)17(21)13-14/h3-4,13,15-16,20,25H,5-12H2,1-2H3,(H,22,26). The number of piperazine rings is 1. The second-order valence-electron chi connectivity index (χ2n) is 7.72. The molecule has 1 amide bonds. The maximum atomic E-state index is 14.1. The molecule has 2 N–H and O–H groups in total. The van der Waals surface area contributed by atoms with Crippen molar-refractivity contribution in [3.8, 4) is 5.75 Å². The van der Waals surface area contributed by atoms with Crippen LogP contribution in [0.5, 0.6) is 5.75 Å². The molecule has 1 saturated carbocycles. The minimum Gasteiger partial charge on any atom is -0.494 e. The Bertz CT molecular complexity index is 643. The number of hydrogen-bond donors (Lipinski definition) is 2.